The Morgan fingerprint density at radius 2 is 1.86 bits per heavy atom. The lowest BCUT2D eigenvalue weighted by atomic mass is 9.85. The number of hydrogen-bond acceptors (Lipinski definition) is 2. The van der Waals surface area contributed by atoms with Crippen molar-refractivity contribution in [3.05, 3.63) is 35.4 Å². The largest absolute Gasteiger partial charge is 0.316 e. The fourth-order valence-electron chi connectivity index (χ4n) is 3.07. The lowest BCUT2D eigenvalue weighted by molar-refractivity contribution is 0.178. The quantitative estimate of drug-likeness (QED) is 0.658. The molecule has 1 fully saturated rings. The van der Waals surface area contributed by atoms with E-state index in [1.54, 1.807) is 0 Å². The van der Waals surface area contributed by atoms with Crippen LogP contribution in [0.1, 0.15) is 50.7 Å². The smallest absolute Gasteiger partial charge is 0.0236 e. The van der Waals surface area contributed by atoms with Crippen molar-refractivity contribution in [1.82, 2.24) is 10.2 Å². The van der Waals surface area contributed by atoms with Gasteiger partial charge in [0, 0.05) is 13.1 Å². The molecule has 118 valence electrons. The third-order valence-corrected chi connectivity index (χ3v) is 4.70. The molecule has 0 saturated heterocycles. The third kappa shape index (κ3) is 5.44. The maximum atomic E-state index is 3.51. The van der Waals surface area contributed by atoms with Gasteiger partial charge in [-0.3, -0.25) is 4.90 Å². The summed E-state index contributed by atoms with van der Waals surface area (Å²) in [4.78, 5) is 2.63. The van der Waals surface area contributed by atoms with Crippen molar-refractivity contribution in [3.8, 4) is 0 Å². The van der Waals surface area contributed by atoms with Gasteiger partial charge in [-0.2, -0.15) is 0 Å². The molecule has 0 heterocycles. The Labute approximate surface area is 130 Å². The van der Waals surface area contributed by atoms with Gasteiger partial charge in [0.25, 0.3) is 0 Å². The maximum Gasteiger partial charge on any atom is 0.0236 e. The lowest BCUT2D eigenvalue weighted by Crippen LogP contribution is -2.32. The van der Waals surface area contributed by atoms with Crippen LogP contribution >= 0.6 is 0 Å². The first-order valence-corrected chi connectivity index (χ1v) is 8.83. The highest BCUT2D eigenvalue weighted by atomic mass is 15.1. The van der Waals surface area contributed by atoms with Crippen LogP contribution in [-0.2, 0) is 13.0 Å². The van der Waals surface area contributed by atoms with Gasteiger partial charge < -0.3 is 5.32 Å². The van der Waals surface area contributed by atoms with E-state index >= 15 is 0 Å². The highest BCUT2D eigenvalue weighted by Gasteiger charge is 2.20. The van der Waals surface area contributed by atoms with E-state index in [0.717, 1.165) is 32.0 Å². The average molecular weight is 288 g/mol. The molecular formula is C19H32N2. The first-order chi connectivity index (χ1) is 10.3. The summed E-state index contributed by atoms with van der Waals surface area (Å²) >= 11 is 0. The van der Waals surface area contributed by atoms with Crippen molar-refractivity contribution in [3.63, 3.8) is 0 Å². The highest BCUT2D eigenvalue weighted by molar-refractivity contribution is 5.27. The Bertz CT molecular complexity index is 398. The maximum absolute atomic E-state index is 3.51. The molecular weight excluding hydrogens is 256 g/mol. The summed E-state index contributed by atoms with van der Waals surface area (Å²) in [5, 5.41) is 3.51. The van der Waals surface area contributed by atoms with Gasteiger partial charge in [0.05, 0.1) is 0 Å². The van der Waals surface area contributed by atoms with Gasteiger partial charge in [-0.05, 0) is 62.4 Å². The Hall–Kier alpha value is -0.860. The second-order valence-electron chi connectivity index (χ2n) is 6.39. The SMILES string of the molecule is CCCNCCc1ccccc1CN(CC)CC1CCC1. The van der Waals surface area contributed by atoms with Crippen molar-refractivity contribution in [2.24, 2.45) is 5.92 Å². The summed E-state index contributed by atoms with van der Waals surface area (Å²) in [6.07, 6.45) is 6.70. The van der Waals surface area contributed by atoms with Gasteiger partial charge >= 0.3 is 0 Å². The van der Waals surface area contributed by atoms with Crippen molar-refractivity contribution in [2.75, 3.05) is 26.2 Å². The van der Waals surface area contributed by atoms with Gasteiger partial charge in [-0.15, -0.1) is 0 Å². The van der Waals surface area contributed by atoms with E-state index in [2.05, 4.69) is 48.3 Å². The molecule has 1 aromatic rings. The molecule has 0 spiro atoms. The van der Waals surface area contributed by atoms with E-state index in [1.807, 2.05) is 0 Å². The second kappa shape index (κ2) is 9.22. The van der Waals surface area contributed by atoms with Crippen LogP contribution in [0.5, 0.6) is 0 Å². The molecule has 0 radical (unpaired) electrons. The molecule has 0 aliphatic heterocycles. The van der Waals surface area contributed by atoms with Crippen LogP contribution in [-0.4, -0.2) is 31.1 Å². The summed E-state index contributed by atoms with van der Waals surface area (Å²) in [6.45, 7) is 10.3. The lowest BCUT2D eigenvalue weighted by Gasteiger charge is -2.32. The number of benzene rings is 1. The van der Waals surface area contributed by atoms with Crippen molar-refractivity contribution in [2.45, 2.75) is 52.5 Å². The summed E-state index contributed by atoms with van der Waals surface area (Å²) < 4.78 is 0. The van der Waals surface area contributed by atoms with Crippen molar-refractivity contribution in [1.29, 1.82) is 0 Å². The summed E-state index contributed by atoms with van der Waals surface area (Å²) in [7, 11) is 0. The first-order valence-electron chi connectivity index (χ1n) is 8.83. The number of rotatable bonds is 10. The molecule has 0 bridgehead atoms. The fraction of sp³-hybridized carbons (Fsp3) is 0.684. The molecule has 2 nitrogen and oxygen atoms in total. The zero-order chi connectivity index (χ0) is 14.9. The van der Waals surface area contributed by atoms with Gasteiger partial charge in [-0.1, -0.05) is 44.5 Å². The van der Waals surface area contributed by atoms with Crippen molar-refractivity contribution >= 4 is 0 Å². The molecule has 2 heteroatoms. The minimum absolute atomic E-state index is 0.961. The van der Waals surface area contributed by atoms with Gasteiger partial charge in [0.1, 0.15) is 0 Å². The van der Waals surface area contributed by atoms with Crippen LogP contribution < -0.4 is 5.32 Å². The number of nitrogens with zero attached hydrogens (tertiary/aromatic N) is 1. The highest BCUT2D eigenvalue weighted by Crippen LogP contribution is 2.27. The zero-order valence-corrected chi connectivity index (χ0v) is 13.9. The van der Waals surface area contributed by atoms with Crippen LogP contribution in [0, 0.1) is 5.92 Å². The molecule has 0 atom stereocenters. The van der Waals surface area contributed by atoms with Crippen molar-refractivity contribution < 1.29 is 0 Å². The van der Waals surface area contributed by atoms with Crippen LogP contribution in [0.25, 0.3) is 0 Å². The predicted octanol–water partition coefficient (Wildman–Crippen LogP) is 3.85. The van der Waals surface area contributed by atoms with Crippen LogP contribution in [0.4, 0.5) is 0 Å². The minimum atomic E-state index is 0.961. The molecule has 0 amide bonds. The fourth-order valence-corrected chi connectivity index (χ4v) is 3.07. The number of nitrogens with one attached hydrogen (secondary N) is 1. The van der Waals surface area contributed by atoms with E-state index in [-0.39, 0.29) is 0 Å². The molecule has 1 aliphatic rings. The topological polar surface area (TPSA) is 15.3 Å². The zero-order valence-electron chi connectivity index (χ0n) is 13.9. The van der Waals surface area contributed by atoms with E-state index in [9.17, 15) is 0 Å². The first kappa shape index (κ1) is 16.5. The summed E-state index contributed by atoms with van der Waals surface area (Å²) in [6, 6.07) is 9.00. The molecule has 1 aliphatic carbocycles. The standard InChI is InChI=1S/C19H32N2/c1-3-13-20-14-12-18-10-5-6-11-19(18)16-21(4-2)15-17-8-7-9-17/h5-6,10-11,17,20H,3-4,7-9,12-16H2,1-2H3. The minimum Gasteiger partial charge on any atom is -0.316 e. The normalized spacial score (nSPS) is 15.4. The molecule has 21 heavy (non-hydrogen) atoms. The molecule has 0 unspecified atom stereocenters. The van der Waals surface area contributed by atoms with Crippen LogP contribution in [0.15, 0.2) is 24.3 Å². The van der Waals surface area contributed by atoms with Gasteiger partial charge in [0.2, 0.25) is 0 Å². The summed E-state index contributed by atoms with van der Waals surface area (Å²) in [5.41, 5.74) is 3.05. The molecule has 2 rings (SSSR count). The van der Waals surface area contributed by atoms with Gasteiger partial charge in [-0.25, -0.2) is 0 Å². The average Bonchev–Trinajstić information content (AvgIpc) is 2.47. The van der Waals surface area contributed by atoms with E-state index in [4.69, 9.17) is 0 Å². The van der Waals surface area contributed by atoms with Gasteiger partial charge in [0.15, 0.2) is 0 Å². The van der Waals surface area contributed by atoms with Crippen LogP contribution in [0.2, 0.25) is 0 Å². The Balaban J connectivity index is 1.87. The Morgan fingerprint density at radius 3 is 2.48 bits per heavy atom. The predicted molar refractivity (Wildman–Crippen MR) is 91.6 cm³/mol. The summed E-state index contributed by atoms with van der Waals surface area (Å²) in [5.74, 6) is 0.961. The van der Waals surface area contributed by atoms with E-state index in [1.165, 1.54) is 49.9 Å². The number of hydrogen-bond donors (Lipinski definition) is 1. The molecule has 0 aromatic heterocycles. The Kier molecular flexibility index (Phi) is 7.25. The van der Waals surface area contributed by atoms with E-state index < -0.39 is 0 Å². The third-order valence-electron chi connectivity index (χ3n) is 4.70. The molecule has 1 saturated carbocycles. The monoisotopic (exact) mass is 288 g/mol. The van der Waals surface area contributed by atoms with Crippen LogP contribution in [0.3, 0.4) is 0 Å². The molecule has 1 N–H and O–H groups in total. The Morgan fingerprint density at radius 1 is 1.10 bits per heavy atom. The second-order valence-corrected chi connectivity index (χ2v) is 6.39. The molecule has 1 aromatic carbocycles. The van der Waals surface area contributed by atoms with E-state index in [0.29, 0.717) is 0 Å².